The zero-order valence-electron chi connectivity index (χ0n) is 8.90. The third-order valence-corrected chi connectivity index (χ3v) is 2.63. The molecule has 92 valence electrons. The number of carbonyl (C=O) groups is 1. The van der Waals surface area contributed by atoms with E-state index in [0.29, 0.717) is 25.1 Å². The summed E-state index contributed by atoms with van der Waals surface area (Å²) in [4.78, 5) is 11.6. The van der Waals surface area contributed by atoms with Gasteiger partial charge in [0.25, 0.3) is 0 Å². The fraction of sp³-hybridized carbons (Fsp3) is 0.364. The SMILES string of the molecule is O=C(Nc1c(F)cc(F)cc1F)[C@H]1CCCN1. The van der Waals surface area contributed by atoms with E-state index in [4.69, 9.17) is 0 Å². The van der Waals surface area contributed by atoms with Crippen LogP contribution in [0.2, 0.25) is 0 Å². The largest absolute Gasteiger partial charge is 0.320 e. The van der Waals surface area contributed by atoms with Crippen LogP contribution in [0.5, 0.6) is 0 Å². The summed E-state index contributed by atoms with van der Waals surface area (Å²) >= 11 is 0. The number of hydrogen-bond donors (Lipinski definition) is 2. The van der Waals surface area contributed by atoms with Crippen LogP contribution < -0.4 is 10.6 Å². The summed E-state index contributed by atoms with van der Waals surface area (Å²) in [5, 5.41) is 5.03. The molecule has 0 radical (unpaired) electrons. The van der Waals surface area contributed by atoms with Gasteiger partial charge >= 0.3 is 0 Å². The number of amides is 1. The number of benzene rings is 1. The molecular formula is C11H11F3N2O. The molecular weight excluding hydrogens is 233 g/mol. The Morgan fingerprint density at radius 1 is 1.29 bits per heavy atom. The third kappa shape index (κ3) is 2.58. The maximum Gasteiger partial charge on any atom is 0.241 e. The predicted octanol–water partition coefficient (Wildman–Crippen LogP) is 1.79. The van der Waals surface area contributed by atoms with Crippen LogP contribution in [0.3, 0.4) is 0 Å². The molecule has 0 aliphatic carbocycles. The quantitative estimate of drug-likeness (QED) is 0.832. The van der Waals surface area contributed by atoms with E-state index in [9.17, 15) is 18.0 Å². The van der Waals surface area contributed by atoms with Gasteiger partial charge in [-0.1, -0.05) is 0 Å². The van der Waals surface area contributed by atoms with Gasteiger partial charge in [-0.25, -0.2) is 13.2 Å². The van der Waals surface area contributed by atoms with Gasteiger partial charge in [0, 0.05) is 12.1 Å². The zero-order valence-corrected chi connectivity index (χ0v) is 8.90. The van der Waals surface area contributed by atoms with Gasteiger partial charge in [0.1, 0.15) is 11.5 Å². The summed E-state index contributed by atoms with van der Waals surface area (Å²) in [5.41, 5.74) is -0.606. The molecule has 0 bridgehead atoms. The van der Waals surface area contributed by atoms with Crippen LogP contribution in [-0.4, -0.2) is 18.5 Å². The summed E-state index contributed by atoms with van der Waals surface area (Å²) in [6, 6.07) is 0.612. The van der Waals surface area contributed by atoms with Gasteiger partial charge in [0.15, 0.2) is 11.6 Å². The highest BCUT2D eigenvalue weighted by Gasteiger charge is 2.24. The summed E-state index contributed by atoms with van der Waals surface area (Å²) in [5.74, 6) is -3.76. The molecule has 0 aromatic heterocycles. The topological polar surface area (TPSA) is 41.1 Å². The van der Waals surface area contributed by atoms with Crippen molar-refractivity contribution >= 4 is 11.6 Å². The van der Waals surface area contributed by atoms with Gasteiger partial charge in [0.2, 0.25) is 5.91 Å². The molecule has 1 fully saturated rings. The van der Waals surface area contributed by atoms with E-state index in [0.717, 1.165) is 6.42 Å². The molecule has 1 aliphatic heterocycles. The molecule has 6 heteroatoms. The zero-order chi connectivity index (χ0) is 12.4. The molecule has 0 saturated carbocycles. The Hall–Kier alpha value is -1.56. The molecule has 1 amide bonds. The molecule has 0 spiro atoms. The first-order chi connectivity index (χ1) is 8.08. The summed E-state index contributed by atoms with van der Waals surface area (Å²) in [7, 11) is 0. The minimum absolute atomic E-state index is 0.446. The molecule has 1 aliphatic rings. The maximum absolute atomic E-state index is 13.2. The Kier molecular flexibility index (Phi) is 3.33. The van der Waals surface area contributed by atoms with Crippen LogP contribution >= 0.6 is 0 Å². The molecule has 17 heavy (non-hydrogen) atoms. The van der Waals surface area contributed by atoms with Crippen molar-refractivity contribution in [2.75, 3.05) is 11.9 Å². The molecule has 1 heterocycles. The monoisotopic (exact) mass is 244 g/mol. The predicted molar refractivity (Wildman–Crippen MR) is 56.0 cm³/mol. The van der Waals surface area contributed by atoms with Gasteiger partial charge in [0.05, 0.1) is 6.04 Å². The van der Waals surface area contributed by atoms with Gasteiger partial charge in [-0.15, -0.1) is 0 Å². The lowest BCUT2D eigenvalue weighted by molar-refractivity contribution is -0.117. The number of halogens is 3. The highest BCUT2D eigenvalue weighted by Crippen LogP contribution is 2.21. The van der Waals surface area contributed by atoms with E-state index < -0.39 is 35.1 Å². The van der Waals surface area contributed by atoms with Gasteiger partial charge in [-0.3, -0.25) is 4.79 Å². The average Bonchev–Trinajstić information content (AvgIpc) is 2.76. The standard InChI is InChI=1S/C11H11F3N2O/c12-6-4-7(13)10(8(14)5-6)16-11(17)9-2-1-3-15-9/h4-5,9,15H,1-3H2,(H,16,17)/t9-/m1/s1. The molecule has 1 aromatic rings. The van der Waals surface area contributed by atoms with E-state index in [-0.39, 0.29) is 0 Å². The van der Waals surface area contributed by atoms with Crippen molar-refractivity contribution in [3.63, 3.8) is 0 Å². The first-order valence-corrected chi connectivity index (χ1v) is 5.26. The van der Waals surface area contributed by atoms with Gasteiger partial charge in [-0.2, -0.15) is 0 Å². The molecule has 1 aromatic carbocycles. The van der Waals surface area contributed by atoms with Crippen molar-refractivity contribution < 1.29 is 18.0 Å². The number of hydrogen-bond acceptors (Lipinski definition) is 2. The second-order valence-electron chi connectivity index (χ2n) is 3.88. The Bertz CT molecular complexity index is 421. The minimum atomic E-state index is -1.12. The fourth-order valence-corrected chi connectivity index (χ4v) is 1.78. The number of nitrogens with one attached hydrogen (secondary N) is 2. The van der Waals surface area contributed by atoms with Gasteiger partial charge in [-0.05, 0) is 19.4 Å². The second kappa shape index (κ2) is 4.75. The van der Waals surface area contributed by atoms with Crippen LogP contribution in [0.25, 0.3) is 0 Å². The molecule has 2 rings (SSSR count). The number of anilines is 1. The van der Waals surface area contributed by atoms with E-state index in [1.54, 1.807) is 0 Å². The molecule has 1 atom stereocenters. The smallest absolute Gasteiger partial charge is 0.241 e. The van der Waals surface area contributed by atoms with E-state index in [2.05, 4.69) is 10.6 Å². The molecule has 1 saturated heterocycles. The highest BCUT2D eigenvalue weighted by atomic mass is 19.1. The number of carbonyl (C=O) groups excluding carboxylic acids is 1. The first kappa shape index (κ1) is 11.9. The Balaban J connectivity index is 2.15. The first-order valence-electron chi connectivity index (χ1n) is 5.26. The van der Waals surface area contributed by atoms with E-state index in [1.165, 1.54) is 0 Å². The van der Waals surface area contributed by atoms with Crippen molar-refractivity contribution in [2.45, 2.75) is 18.9 Å². The van der Waals surface area contributed by atoms with E-state index >= 15 is 0 Å². The van der Waals surface area contributed by atoms with Crippen LogP contribution in [-0.2, 0) is 4.79 Å². The van der Waals surface area contributed by atoms with Crippen LogP contribution in [0.4, 0.5) is 18.9 Å². The lowest BCUT2D eigenvalue weighted by Crippen LogP contribution is -2.36. The molecule has 0 unspecified atom stereocenters. The third-order valence-electron chi connectivity index (χ3n) is 2.63. The van der Waals surface area contributed by atoms with Crippen molar-refractivity contribution in [3.05, 3.63) is 29.6 Å². The average molecular weight is 244 g/mol. The van der Waals surface area contributed by atoms with Crippen LogP contribution in [0, 0.1) is 17.5 Å². The second-order valence-corrected chi connectivity index (χ2v) is 3.88. The van der Waals surface area contributed by atoms with Crippen molar-refractivity contribution in [2.24, 2.45) is 0 Å². The molecule has 3 nitrogen and oxygen atoms in total. The lowest BCUT2D eigenvalue weighted by atomic mass is 10.2. The van der Waals surface area contributed by atoms with Crippen molar-refractivity contribution in [1.82, 2.24) is 5.32 Å². The summed E-state index contributed by atoms with van der Waals surface area (Å²) < 4.78 is 39.1. The Labute approximate surface area is 96.0 Å². The summed E-state index contributed by atoms with van der Waals surface area (Å²) in [6.45, 7) is 0.701. The Morgan fingerprint density at radius 2 is 1.94 bits per heavy atom. The minimum Gasteiger partial charge on any atom is -0.320 e. The maximum atomic E-state index is 13.2. The van der Waals surface area contributed by atoms with Crippen molar-refractivity contribution in [3.8, 4) is 0 Å². The fourth-order valence-electron chi connectivity index (χ4n) is 1.78. The lowest BCUT2D eigenvalue weighted by Gasteiger charge is -2.12. The normalized spacial score (nSPS) is 19.4. The Morgan fingerprint density at radius 3 is 2.47 bits per heavy atom. The molecule has 2 N–H and O–H groups in total. The van der Waals surface area contributed by atoms with E-state index in [1.807, 2.05) is 0 Å². The number of rotatable bonds is 2. The summed E-state index contributed by atoms with van der Waals surface area (Å²) in [6.07, 6.45) is 1.46. The van der Waals surface area contributed by atoms with Crippen LogP contribution in [0.1, 0.15) is 12.8 Å². The highest BCUT2D eigenvalue weighted by molar-refractivity contribution is 5.95. The van der Waals surface area contributed by atoms with Gasteiger partial charge < -0.3 is 10.6 Å². The van der Waals surface area contributed by atoms with Crippen LogP contribution in [0.15, 0.2) is 12.1 Å². The van der Waals surface area contributed by atoms with Crippen molar-refractivity contribution in [1.29, 1.82) is 0 Å².